The van der Waals surface area contributed by atoms with Gasteiger partial charge >= 0.3 is 0 Å². The summed E-state index contributed by atoms with van der Waals surface area (Å²) < 4.78 is 25.6. The van der Waals surface area contributed by atoms with Crippen LogP contribution in [0.3, 0.4) is 0 Å². The fraction of sp³-hybridized carbons (Fsp3) is 0.333. The molecule has 0 saturated heterocycles. The first-order chi connectivity index (χ1) is 6.56. The minimum atomic E-state index is -1.35. The zero-order chi connectivity index (χ0) is 10.7. The zero-order valence-electron chi connectivity index (χ0n) is 7.12. The average molecular weight is 267 g/mol. The van der Waals surface area contributed by atoms with E-state index in [0.29, 0.717) is 6.07 Å². The molecule has 1 rings (SSSR count). The normalized spacial score (nSPS) is 15.2. The number of aliphatic hydroxyl groups excluding tert-OH is 2. The van der Waals surface area contributed by atoms with Gasteiger partial charge in [-0.2, -0.15) is 0 Å². The van der Waals surface area contributed by atoms with Gasteiger partial charge in [0.25, 0.3) is 0 Å². The molecule has 0 bridgehead atoms. The van der Waals surface area contributed by atoms with E-state index < -0.39 is 23.8 Å². The van der Waals surface area contributed by atoms with E-state index in [9.17, 15) is 19.0 Å². The van der Waals surface area contributed by atoms with Crippen LogP contribution in [-0.2, 0) is 0 Å². The Morgan fingerprint density at radius 2 is 1.93 bits per heavy atom. The molecule has 2 nitrogen and oxygen atoms in total. The summed E-state index contributed by atoms with van der Waals surface area (Å²) in [6.07, 6.45) is -2.47. The van der Waals surface area contributed by atoms with E-state index in [1.807, 2.05) is 0 Å². The predicted molar refractivity (Wildman–Crippen MR) is 51.1 cm³/mol. The average Bonchev–Trinajstić information content (AvgIpc) is 2.15. The highest BCUT2D eigenvalue weighted by atomic mass is 79.9. The van der Waals surface area contributed by atoms with Crippen LogP contribution in [0.25, 0.3) is 0 Å². The monoisotopic (exact) mass is 266 g/mol. The molecule has 0 amide bonds. The Morgan fingerprint density at radius 3 is 2.43 bits per heavy atom. The molecular weight excluding hydrogens is 258 g/mol. The number of benzene rings is 1. The fourth-order valence-electron chi connectivity index (χ4n) is 1.03. The molecule has 2 unspecified atom stereocenters. The molecule has 1 aromatic carbocycles. The molecule has 0 spiro atoms. The molecule has 0 radical (unpaired) electrons. The summed E-state index contributed by atoms with van der Waals surface area (Å²) in [4.78, 5) is 0. The van der Waals surface area contributed by atoms with Crippen LogP contribution in [0, 0.1) is 11.6 Å². The first-order valence-corrected chi connectivity index (χ1v) is 5.05. The lowest BCUT2D eigenvalue weighted by atomic mass is 10.1. The van der Waals surface area contributed by atoms with Crippen molar-refractivity contribution in [1.82, 2.24) is 0 Å². The summed E-state index contributed by atoms with van der Waals surface area (Å²) in [6.45, 7) is 0. The molecule has 0 fully saturated rings. The standard InChI is InChI=1S/C9H9BrF2O2/c10-4-8(13)9(14)6-2-1-5(11)3-7(6)12/h1-3,8-9,13-14H,4H2. The maximum Gasteiger partial charge on any atom is 0.132 e. The van der Waals surface area contributed by atoms with Crippen LogP contribution in [0.5, 0.6) is 0 Å². The van der Waals surface area contributed by atoms with Gasteiger partial charge in [-0.1, -0.05) is 22.0 Å². The van der Waals surface area contributed by atoms with Crippen LogP contribution in [0.4, 0.5) is 8.78 Å². The highest BCUT2D eigenvalue weighted by Gasteiger charge is 2.20. The first kappa shape index (κ1) is 11.6. The van der Waals surface area contributed by atoms with Gasteiger partial charge in [-0.25, -0.2) is 8.78 Å². The van der Waals surface area contributed by atoms with Gasteiger partial charge in [0.1, 0.15) is 17.7 Å². The largest absolute Gasteiger partial charge is 0.389 e. The molecule has 2 atom stereocenters. The Labute approximate surface area is 88.3 Å². The Balaban J connectivity index is 2.95. The smallest absolute Gasteiger partial charge is 0.132 e. The molecule has 14 heavy (non-hydrogen) atoms. The molecule has 2 N–H and O–H groups in total. The van der Waals surface area contributed by atoms with Crippen molar-refractivity contribution < 1.29 is 19.0 Å². The van der Waals surface area contributed by atoms with Crippen LogP contribution in [0.1, 0.15) is 11.7 Å². The highest BCUT2D eigenvalue weighted by Crippen LogP contribution is 2.21. The Bertz CT molecular complexity index is 320. The van der Waals surface area contributed by atoms with Crippen LogP contribution in [0.15, 0.2) is 18.2 Å². The van der Waals surface area contributed by atoms with Crippen LogP contribution in [0.2, 0.25) is 0 Å². The third kappa shape index (κ3) is 2.50. The minimum absolute atomic E-state index is 0.113. The van der Waals surface area contributed by atoms with E-state index in [1.165, 1.54) is 0 Å². The molecule has 1 aromatic rings. The lowest BCUT2D eigenvalue weighted by molar-refractivity contribution is 0.0319. The van der Waals surface area contributed by atoms with Crippen molar-refractivity contribution in [3.63, 3.8) is 0 Å². The number of halogens is 3. The van der Waals surface area contributed by atoms with Gasteiger partial charge in [-0.15, -0.1) is 0 Å². The lowest BCUT2D eigenvalue weighted by Gasteiger charge is -2.16. The first-order valence-electron chi connectivity index (χ1n) is 3.93. The van der Waals surface area contributed by atoms with Crippen molar-refractivity contribution in [3.8, 4) is 0 Å². The Hall–Kier alpha value is -0.520. The summed E-state index contributed by atoms with van der Waals surface area (Å²) in [5, 5.41) is 18.8. The van der Waals surface area contributed by atoms with Gasteiger partial charge in [0.2, 0.25) is 0 Å². The minimum Gasteiger partial charge on any atom is -0.389 e. The second-order valence-corrected chi connectivity index (χ2v) is 3.48. The molecule has 0 saturated carbocycles. The molecule has 5 heteroatoms. The van der Waals surface area contributed by atoms with E-state index >= 15 is 0 Å². The van der Waals surface area contributed by atoms with Gasteiger partial charge in [0.05, 0.1) is 6.10 Å². The summed E-state index contributed by atoms with van der Waals surface area (Å²) in [5.41, 5.74) is -0.113. The van der Waals surface area contributed by atoms with Gasteiger partial charge < -0.3 is 10.2 Å². The SMILES string of the molecule is OC(CBr)C(O)c1ccc(F)cc1F. The quantitative estimate of drug-likeness (QED) is 0.819. The van der Waals surface area contributed by atoms with Crippen LogP contribution < -0.4 is 0 Å². The lowest BCUT2D eigenvalue weighted by Crippen LogP contribution is -2.20. The van der Waals surface area contributed by atoms with E-state index in [1.54, 1.807) is 0 Å². The van der Waals surface area contributed by atoms with E-state index in [4.69, 9.17) is 0 Å². The van der Waals surface area contributed by atoms with E-state index in [-0.39, 0.29) is 10.9 Å². The summed E-state index contributed by atoms with van der Waals surface area (Å²) in [7, 11) is 0. The van der Waals surface area contributed by atoms with Crippen molar-refractivity contribution in [3.05, 3.63) is 35.4 Å². The zero-order valence-corrected chi connectivity index (χ0v) is 8.71. The second kappa shape index (κ2) is 4.82. The number of alkyl halides is 1. The molecule has 78 valence electrons. The molecule has 0 aliphatic heterocycles. The number of aliphatic hydroxyl groups is 2. The Kier molecular flexibility index (Phi) is 3.97. The van der Waals surface area contributed by atoms with Gasteiger partial charge in [0.15, 0.2) is 0 Å². The Morgan fingerprint density at radius 1 is 1.29 bits per heavy atom. The molecule has 0 heterocycles. The van der Waals surface area contributed by atoms with Gasteiger partial charge in [0, 0.05) is 17.0 Å². The fourth-order valence-corrected chi connectivity index (χ4v) is 1.39. The van der Waals surface area contributed by atoms with E-state index in [0.717, 1.165) is 12.1 Å². The van der Waals surface area contributed by atoms with Crippen molar-refractivity contribution in [2.24, 2.45) is 0 Å². The third-order valence-corrected chi connectivity index (χ3v) is 2.47. The van der Waals surface area contributed by atoms with Gasteiger partial charge in [-0.05, 0) is 6.07 Å². The summed E-state index contributed by atoms with van der Waals surface area (Å²) in [6, 6.07) is 2.81. The van der Waals surface area contributed by atoms with Crippen molar-refractivity contribution >= 4 is 15.9 Å². The molecule has 0 aliphatic rings. The molecule has 0 aliphatic carbocycles. The van der Waals surface area contributed by atoms with Crippen molar-refractivity contribution in [1.29, 1.82) is 0 Å². The van der Waals surface area contributed by atoms with Crippen molar-refractivity contribution in [2.45, 2.75) is 12.2 Å². The third-order valence-electron chi connectivity index (χ3n) is 1.80. The molecule has 0 aromatic heterocycles. The van der Waals surface area contributed by atoms with Crippen LogP contribution >= 0.6 is 15.9 Å². The van der Waals surface area contributed by atoms with E-state index in [2.05, 4.69) is 15.9 Å². The van der Waals surface area contributed by atoms with Crippen LogP contribution in [-0.4, -0.2) is 21.6 Å². The number of hydrogen-bond acceptors (Lipinski definition) is 2. The number of hydrogen-bond donors (Lipinski definition) is 2. The van der Waals surface area contributed by atoms with Gasteiger partial charge in [-0.3, -0.25) is 0 Å². The summed E-state index contributed by atoms with van der Waals surface area (Å²) >= 11 is 2.95. The maximum atomic E-state index is 13.1. The topological polar surface area (TPSA) is 40.5 Å². The maximum absolute atomic E-state index is 13.1. The van der Waals surface area contributed by atoms with Crippen molar-refractivity contribution in [2.75, 3.05) is 5.33 Å². The number of rotatable bonds is 3. The second-order valence-electron chi connectivity index (χ2n) is 2.83. The molecular formula is C9H9BrF2O2. The predicted octanol–water partition coefficient (Wildman–Crippen LogP) is 1.75. The summed E-state index contributed by atoms with van der Waals surface area (Å²) in [5.74, 6) is -1.58. The highest BCUT2D eigenvalue weighted by molar-refractivity contribution is 9.09.